The van der Waals surface area contributed by atoms with Crippen LogP contribution in [0.1, 0.15) is 11.1 Å². The summed E-state index contributed by atoms with van der Waals surface area (Å²) in [5.74, 6) is 0. The zero-order chi connectivity index (χ0) is 19.8. The van der Waals surface area contributed by atoms with Crippen molar-refractivity contribution in [3.8, 4) is 0 Å². The van der Waals surface area contributed by atoms with Crippen LogP contribution in [0.4, 0.5) is 0 Å². The average Bonchev–Trinajstić information content (AvgIpc) is 3.02. The lowest BCUT2D eigenvalue weighted by atomic mass is 10.2. The van der Waals surface area contributed by atoms with E-state index in [1.54, 1.807) is 23.7 Å². The maximum atomic E-state index is 13.2. The van der Waals surface area contributed by atoms with Gasteiger partial charge in [0.05, 0.1) is 13.1 Å². The summed E-state index contributed by atoms with van der Waals surface area (Å²) >= 11 is 9.39. The van der Waals surface area contributed by atoms with Crippen molar-refractivity contribution < 1.29 is 0 Å². The lowest BCUT2D eigenvalue weighted by Crippen LogP contribution is -2.40. The van der Waals surface area contributed by atoms with E-state index < -0.39 is 5.69 Å². The minimum Gasteiger partial charge on any atom is -0.308 e. The van der Waals surface area contributed by atoms with E-state index in [2.05, 4.69) is 20.9 Å². The fourth-order valence-electron chi connectivity index (χ4n) is 3.17. The molecule has 2 aromatic heterocycles. The number of benzene rings is 2. The van der Waals surface area contributed by atoms with Crippen LogP contribution in [0.15, 0.2) is 68.9 Å². The number of aromatic nitrogens is 4. The van der Waals surface area contributed by atoms with Crippen molar-refractivity contribution in [2.45, 2.75) is 13.1 Å². The predicted molar refractivity (Wildman–Crippen MR) is 113 cm³/mol. The summed E-state index contributed by atoms with van der Waals surface area (Å²) in [6.07, 6.45) is 0. The average molecular weight is 460 g/mol. The third kappa shape index (κ3) is 3.31. The Hall–Kier alpha value is -2.64. The molecule has 142 valence electrons. The van der Waals surface area contributed by atoms with Crippen LogP contribution in [-0.4, -0.2) is 18.7 Å². The molecular formula is C20H16BrClN4O2. The molecule has 2 heterocycles. The Balaban J connectivity index is 1.90. The first-order chi connectivity index (χ1) is 13.5. The van der Waals surface area contributed by atoms with Crippen LogP contribution >= 0.6 is 27.5 Å². The third-order valence-corrected chi connectivity index (χ3v) is 5.48. The number of hydrogen-bond donors (Lipinski definition) is 0. The molecule has 0 aliphatic carbocycles. The van der Waals surface area contributed by atoms with Crippen molar-refractivity contribution in [1.29, 1.82) is 0 Å². The number of rotatable bonds is 4. The van der Waals surface area contributed by atoms with E-state index >= 15 is 0 Å². The van der Waals surface area contributed by atoms with Gasteiger partial charge in [-0.25, -0.2) is 9.78 Å². The SMILES string of the molecule is Cn1c(=O)n(Cc2ccccc2)c(=O)c2c1nc(Br)n2Cc1ccc(Cl)cc1. The number of halogens is 2. The molecular weight excluding hydrogens is 444 g/mol. The molecule has 28 heavy (non-hydrogen) atoms. The van der Waals surface area contributed by atoms with Gasteiger partial charge in [-0.2, -0.15) is 0 Å². The van der Waals surface area contributed by atoms with Crippen LogP contribution < -0.4 is 11.2 Å². The molecule has 0 saturated heterocycles. The summed E-state index contributed by atoms with van der Waals surface area (Å²) in [6, 6.07) is 16.8. The van der Waals surface area contributed by atoms with Crippen LogP contribution in [0.25, 0.3) is 11.2 Å². The Labute approximate surface area is 173 Å². The Morgan fingerprint density at radius 1 is 0.929 bits per heavy atom. The topological polar surface area (TPSA) is 61.8 Å². The molecule has 4 rings (SSSR count). The normalized spacial score (nSPS) is 11.2. The number of hydrogen-bond acceptors (Lipinski definition) is 3. The highest BCUT2D eigenvalue weighted by Crippen LogP contribution is 2.19. The highest BCUT2D eigenvalue weighted by molar-refractivity contribution is 9.10. The van der Waals surface area contributed by atoms with Gasteiger partial charge in [-0.05, 0) is 39.2 Å². The highest BCUT2D eigenvalue weighted by Gasteiger charge is 2.19. The minimum absolute atomic E-state index is 0.200. The Kier molecular flexibility index (Phi) is 4.95. The van der Waals surface area contributed by atoms with Gasteiger partial charge in [0.15, 0.2) is 15.9 Å². The molecule has 0 atom stereocenters. The highest BCUT2D eigenvalue weighted by atomic mass is 79.9. The van der Waals surface area contributed by atoms with E-state index in [0.29, 0.717) is 27.5 Å². The minimum atomic E-state index is -0.398. The number of aryl methyl sites for hydroxylation is 1. The largest absolute Gasteiger partial charge is 0.332 e. The second kappa shape index (κ2) is 7.41. The molecule has 2 aromatic carbocycles. The molecule has 4 aromatic rings. The maximum Gasteiger partial charge on any atom is 0.332 e. The fraction of sp³-hybridized carbons (Fsp3) is 0.150. The van der Waals surface area contributed by atoms with Crippen LogP contribution in [-0.2, 0) is 20.1 Å². The lowest BCUT2D eigenvalue weighted by Gasteiger charge is -2.10. The monoisotopic (exact) mass is 458 g/mol. The van der Waals surface area contributed by atoms with E-state index in [0.717, 1.165) is 11.1 Å². The van der Waals surface area contributed by atoms with Gasteiger partial charge in [0.2, 0.25) is 0 Å². The molecule has 6 nitrogen and oxygen atoms in total. The van der Waals surface area contributed by atoms with Crippen LogP contribution in [0, 0.1) is 0 Å². The van der Waals surface area contributed by atoms with Gasteiger partial charge < -0.3 is 4.57 Å². The van der Waals surface area contributed by atoms with Gasteiger partial charge in [0.25, 0.3) is 5.56 Å². The lowest BCUT2D eigenvalue weighted by molar-refractivity contribution is 0.653. The molecule has 0 aliphatic heterocycles. The quantitative estimate of drug-likeness (QED) is 0.439. The van der Waals surface area contributed by atoms with Gasteiger partial charge >= 0.3 is 5.69 Å². The van der Waals surface area contributed by atoms with Crippen LogP contribution in [0.5, 0.6) is 0 Å². The van der Waals surface area contributed by atoms with E-state index in [9.17, 15) is 9.59 Å². The summed E-state index contributed by atoms with van der Waals surface area (Å²) < 4.78 is 4.90. The molecule has 0 unspecified atom stereocenters. The summed E-state index contributed by atoms with van der Waals surface area (Å²) in [5.41, 5.74) is 1.80. The smallest absolute Gasteiger partial charge is 0.308 e. The predicted octanol–water partition coefficient (Wildman–Crippen LogP) is 3.41. The molecule has 0 saturated carbocycles. The van der Waals surface area contributed by atoms with E-state index in [1.807, 2.05) is 42.5 Å². The second-order valence-electron chi connectivity index (χ2n) is 6.48. The van der Waals surface area contributed by atoms with Gasteiger partial charge in [-0.1, -0.05) is 54.1 Å². The zero-order valence-electron chi connectivity index (χ0n) is 15.0. The molecule has 0 spiro atoms. The first-order valence-corrected chi connectivity index (χ1v) is 9.76. The molecule has 8 heteroatoms. The molecule has 0 amide bonds. The van der Waals surface area contributed by atoms with Crippen LogP contribution in [0.2, 0.25) is 5.02 Å². The molecule has 0 fully saturated rings. The van der Waals surface area contributed by atoms with E-state index in [4.69, 9.17) is 11.6 Å². The van der Waals surface area contributed by atoms with Crippen molar-refractivity contribution in [3.63, 3.8) is 0 Å². The second-order valence-corrected chi connectivity index (χ2v) is 7.63. The van der Waals surface area contributed by atoms with Crippen molar-refractivity contribution in [3.05, 3.63) is 96.3 Å². The standard InChI is InChI=1S/C20H16BrClN4O2/c1-24-17-16(18(27)26(20(24)28)12-13-5-3-2-4-6-13)25(19(21)23-17)11-14-7-9-15(22)10-8-14/h2-10H,11-12H2,1H3. The Morgan fingerprint density at radius 3 is 2.21 bits per heavy atom. The first kappa shape index (κ1) is 18.7. The van der Waals surface area contributed by atoms with Crippen molar-refractivity contribution >= 4 is 38.7 Å². The van der Waals surface area contributed by atoms with Gasteiger partial charge in [-0.15, -0.1) is 0 Å². The zero-order valence-corrected chi connectivity index (χ0v) is 17.3. The number of imidazole rings is 1. The number of nitrogens with zero attached hydrogens (tertiary/aromatic N) is 4. The first-order valence-electron chi connectivity index (χ1n) is 8.59. The van der Waals surface area contributed by atoms with E-state index in [1.165, 1.54) is 9.13 Å². The van der Waals surface area contributed by atoms with Crippen molar-refractivity contribution in [1.82, 2.24) is 18.7 Å². The summed E-state index contributed by atoms with van der Waals surface area (Å²) in [5, 5.41) is 0.644. The molecule has 0 N–H and O–H groups in total. The third-order valence-electron chi connectivity index (χ3n) is 4.62. The summed E-state index contributed by atoms with van der Waals surface area (Å²) in [6.45, 7) is 0.624. The molecule has 0 radical (unpaired) electrons. The van der Waals surface area contributed by atoms with Crippen LogP contribution in [0.3, 0.4) is 0 Å². The molecule has 0 aliphatic rings. The van der Waals surface area contributed by atoms with E-state index in [-0.39, 0.29) is 12.1 Å². The van der Waals surface area contributed by atoms with Gasteiger partial charge in [-0.3, -0.25) is 13.9 Å². The molecule has 0 bridgehead atoms. The Bertz CT molecular complexity index is 1270. The summed E-state index contributed by atoms with van der Waals surface area (Å²) in [4.78, 5) is 30.4. The van der Waals surface area contributed by atoms with Gasteiger partial charge in [0.1, 0.15) is 0 Å². The number of fused-ring (bicyclic) bond motifs is 1. The summed E-state index contributed by atoms with van der Waals surface area (Å²) in [7, 11) is 1.62. The Morgan fingerprint density at radius 2 is 1.54 bits per heavy atom. The maximum absolute atomic E-state index is 13.2. The van der Waals surface area contributed by atoms with Crippen molar-refractivity contribution in [2.24, 2.45) is 7.05 Å². The fourth-order valence-corrected chi connectivity index (χ4v) is 3.76. The van der Waals surface area contributed by atoms with Crippen molar-refractivity contribution in [2.75, 3.05) is 0 Å². The van der Waals surface area contributed by atoms with Gasteiger partial charge in [0, 0.05) is 12.1 Å².